The Hall–Kier alpha value is -1.13. The van der Waals surface area contributed by atoms with Crippen LogP contribution in [0, 0.1) is 0 Å². The topological polar surface area (TPSA) is 29.9 Å². The van der Waals surface area contributed by atoms with E-state index in [1.165, 1.54) is 17.5 Å². The van der Waals surface area contributed by atoms with Gasteiger partial charge in [0.25, 0.3) is 0 Å². The molecule has 106 valence electrons. The van der Waals surface area contributed by atoms with Crippen LogP contribution in [0.5, 0.6) is 0 Å². The molecule has 0 amide bonds. The molecule has 1 aliphatic heterocycles. The molecule has 2 unspecified atom stereocenters. The van der Waals surface area contributed by atoms with Crippen molar-refractivity contribution in [1.82, 2.24) is 15.1 Å². The molecule has 3 rings (SSSR count). The van der Waals surface area contributed by atoms with Crippen LogP contribution >= 0.6 is 15.9 Å². The lowest BCUT2D eigenvalue weighted by molar-refractivity contribution is 0.404. The summed E-state index contributed by atoms with van der Waals surface area (Å²) in [5, 5.41) is 7.97. The zero-order valence-electron chi connectivity index (χ0n) is 11.7. The highest BCUT2D eigenvalue weighted by molar-refractivity contribution is 9.10. The number of hydrogen-bond acceptors (Lipinski definition) is 2. The third-order valence-electron chi connectivity index (χ3n) is 4.19. The molecule has 1 saturated heterocycles. The van der Waals surface area contributed by atoms with Gasteiger partial charge in [-0.2, -0.15) is 5.10 Å². The molecule has 1 aromatic heterocycles. The second-order valence-electron chi connectivity index (χ2n) is 5.39. The smallest absolute Gasteiger partial charge is 0.0524 e. The molecular formula is C16H20BrN3. The predicted octanol–water partition coefficient (Wildman–Crippen LogP) is 3.53. The van der Waals surface area contributed by atoms with E-state index in [0.717, 1.165) is 24.1 Å². The van der Waals surface area contributed by atoms with Gasteiger partial charge in [-0.25, -0.2) is 0 Å². The van der Waals surface area contributed by atoms with Gasteiger partial charge in [0.2, 0.25) is 0 Å². The maximum Gasteiger partial charge on any atom is 0.0524 e. The van der Waals surface area contributed by atoms with Gasteiger partial charge in [-0.15, -0.1) is 0 Å². The Morgan fingerprint density at radius 2 is 2.05 bits per heavy atom. The van der Waals surface area contributed by atoms with Gasteiger partial charge < -0.3 is 5.32 Å². The first-order chi connectivity index (χ1) is 9.78. The summed E-state index contributed by atoms with van der Waals surface area (Å²) in [4.78, 5) is 0. The summed E-state index contributed by atoms with van der Waals surface area (Å²) in [5.74, 6) is 1.10. The van der Waals surface area contributed by atoms with Crippen molar-refractivity contribution in [2.45, 2.75) is 31.7 Å². The maximum absolute atomic E-state index is 4.44. The van der Waals surface area contributed by atoms with Crippen molar-refractivity contribution in [1.29, 1.82) is 0 Å². The van der Waals surface area contributed by atoms with Crippen LogP contribution in [-0.2, 0) is 6.54 Å². The van der Waals surface area contributed by atoms with Crippen molar-refractivity contribution in [2.24, 2.45) is 0 Å². The fourth-order valence-electron chi connectivity index (χ4n) is 3.06. The molecule has 20 heavy (non-hydrogen) atoms. The van der Waals surface area contributed by atoms with Gasteiger partial charge in [-0.1, -0.05) is 28.1 Å². The van der Waals surface area contributed by atoms with Crippen molar-refractivity contribution >= 4 is 15.9 Å². The second-order valence-corrected chi connectivity index (χ2v) is 6.30. The summed E-state index contributed by atoms with van der Waals surface area (Å²) in [6, 6.07) is 8.74. The van der Waals surface area contributed by atoms with Gasteiger partial charge in [0.05, 0.1) is 6.20 Å². The van der Waals surface area contributed by atoms with Crippen LogP contribution in [0.15, 0.2) is 41.1 Å². The number of aryl methyl sites for hydroxylation is 1. The largest absolute Gasteiger partial charge is 0.316 e. The Morgan fingerprint density at radius 1 is 1.25 bits per heavy atom. The van der Waals surface area contributed by atoms with Gasteiger partial charge in [-0.05, 0) is 49.1 Å². The molecule has 3 nitrogen and oxygen atoms in total. The third kappa shape index (κ3) is 2.81. The van der Waals surface area contributed by atoms with E-state index in [1.807, 2.05) is 10.9 Å². The van der Waals surface area contributed by atoms with Crippen LogP contribution in [0.25, 0.3) is 0 Å². The van der Waals surface area contributed by atoms with E-state index in [2.05, 4.69) is 63.7 Å². The summed E-state index contributed by atoms with van der Waals surface area (Å²) in [5.41, 5.74) is 2.79. The van der Waals surface area contributed by atoms with Crippen LogP contribution < -0.4 is 5.32 Å². The first-order valence-corrected chi connectivity index (χ1v) is 8.05. The van der Waals surface area contributed by atoms with Gasteiger partial charge in [-0.3, -0.25) is 4.68 Å². The summed E-state index contributed by atoms with van der Waals surface area (Å²) in [7, 11) is 0. The molecule has 1 aromatic carbocycles. The minimum atomic E-state index is 0.534. The van der Waals surface area contributed by atoms with Crippen molar-refractivity contribution in [3.8, 4) is 0 Å². The van der Waals surface area contributed by atoms with E-state index in [1.54, 1.807) is 0 Å². The van der Waals surface area contributed by atoms with Crippen molar-refractivity contribution in [3.63, 3.8) is 0 Å². The Morgan fingerprint density at radius 3 is 2.75 bits per heavy atom. The minimum absolute atomic E-state index is 0.534. The molecule has 0 spiro atoms. The summed E-state index contributed by atoms with van der Waals surface area (Å²) < 4.78 is 3.16. The van der Waals surface area contributed by atoms with E-state index in [9.17, 15) is 0 Å². The van der Waals surface area contributed by atoms with Crippen LogP contribution in [0.2, 0.25) is 0 Å². The molecule has 4 heteroatoms. The molecular weight excluding hydrogens is 314 g/mol. The number of benzene rings is 1. The average molecular weight is 334 g/mol. The van der Waals surface area contributed by atoms with Crippen LogP contribution in [0.4, 0.5) is 0 Å². The molecule has 1 N–H and O–H groups in total. The third-order valence-corrected chi connectivity index (χ3v) is 4.71. The minimum Gasteiger partial charge on any atom is -0.316 e. The molecule has 1 fully saturated rings. The highest BCUT2D eigenvalue weighted by Gasteiger charge is 2.28. The predicted molar refractivity (Wildman–Crippen MR) is 85.0 cm³/mol. The number of nitrogens with one attached hydrogen (secondary N) is 1. The van der Waals surface area contributed by atoms with Gasteiger partial charge in [0, 0.05) is 29.7 Å². The highest BCUT2D eigenvalue weighted by atomic mass is 79.9. The van der Waals surface area contributed by atoms with E-state index in [4.69, 9.17) is 0 Å². The fourth-order valence-corrected chi connectivity index (χ4v) is 3.33. The Labute approximate surface area is 128 Å². The Kier molecular flexibility index (Phi) is 4.22. The monoisotopic (exact) mass is 333 g/mol. The van der Waals surface area contributed by atoms with E-state index in [-0.39, 0.29) is 0 Å². The number of nitrogens with zero attached hydrogens (tertiary/aromatic N) is 2. The molecule has 0 bridgehead atoms. The molecule has 0 saturated carbocycles. The normalized spacial score (nSPS) is 22.9. The van der Waals surface area contributed by atoms with Crippen LogP contribution in [0.3, 0.4) is 0 Å². The number of aromatic nitrogens is 2. The molecule has 2 heterocycles. The van der Waals surface area contributed by atoms with E-state index < -0.39 is 0 Å². The summed E-state index contributed by atoms with van der Waals surface area (Å²) in [6.45, 7) is 5.21. The van der Waals surface area contributed by atoms with Gasteiger partial charge >= 0.3 is 0 Å². The SMILES string of the molecule is CCn1cc(C2CCNCC2c2ccc(Br)cc2)cn1. The van der Waals surface area contributed by atoms with Crippen LogP contribution in [-0.4, -0.2) is 22.9 Å². The zero-order valence-corrected chi connectivity index (χ0v) is 13.3. The van der Waals surface area contributed by atoms with Gasteiger partial charge in [0.15, 0.2) is 0 Å². The van der Waals surface area contributed by atoms with Crippen molar-refractivity contribution in [2.75, 3.05) is 13.1 Å². The summed E-state index contributed by atoms with van der Waals surface area (Å²) in [6.07, 6.45) is 5.43. The fraction of sp³-hybridized carbons (Fsp3) is 0.438. The molecule has 2 atom stereocenters. The number of piperidine rings is 1. The van der Waals surface area contributed by atoms with Crippen LogP contribution in [0.1, 0.15) is 36.3 Å². The Bertz CT molecular complexity index is 561. The zero-order chi connectivity index (χ0) is 13.9. The molecule has 2 aromatic rings. The van der Waals surface area contributed by atoms with Crippen molar-refractivity contribution in [3.05, 3.63) is 52.3 Å². The molecule has 1 aliphatic rings. The molecule has 0 aliphatic carbocycles. The standard InChI is InChI=1S/C16H20BrN3/c1-2-20-11-13(9-19-20)15-7-8-18-10-16(15)12-3-5-14(17)6-4-12/h3-6,9,11,15-16,18H,2,7-8,10H2,1H3. The lowest BCUT2D eigenvalue weighted by Crippen LogP contribution is -2.33. The lowest BCUT2D eigenvalue weighted by Gasteiger charge is -2.32. The number of hydrogen-bond donors (Lipinski definition) is 1. The van der Waals surface area contributed by atoms with Crippen molar-refractivity contribution < 1.29 is 0 Å². The first kappa shape index (κ1) is 13.8. The molecule has 0 radical (unpaired) electrons. The van der Waals surface area contributed by atoms with E-state index in [0.29, 0.717) is 11.8 Å². The number of rotatable bonds is 3. The average Bonchev–Trinajstić information content (AvgIpc) is 2.97. The highest BCUT2D eigenvalue weighted by Crippen LogP contribution is 2.37. The van der Waals surface area contributed by atoms with E-state index >= 15 is 0 Å². The first-order valence-electron chi connectivity index (χ1n) is 7.26. The number of halogens is 1. The second kappa shape index (κ2) is 6.10. The van der Waals surface area contributed by atoms with Gasteiger partial charge in [0.1, 0.15) is 0 Å². The maximum atomic E-state index is 4.44. The Balaban J connectivity index is 1.88. The summed E-state index contributed by atoms with van der Waals surface area (Å²) >= 11 is 3.51. The lowest BCUT2D eigenvalue weighted by atomic mass is 9.78. The quantitative estimate of drug-likeness (QED) is 0.931.